The van der Waals surface area contributed by atoms with Crippen LogP contribution in [0.3, 0.4) is 0 Å². The minimum absolute atomic E-state index is 0.240. The van der Waals surface area contributed by atoms with Crippen molar-refractivity contribution in [3.05, 3.63) is 66.6 Å². The Morgan fingerprint density at radius 3 is 2.64 bits per heavy atom. The van der Waals surface area contributed by atoms with Crippen molar-refractivity contribution in [1.82, 2.24) is 29.5 Å². The number of ether oxygens (including phenoxy) is 1. The molecule has 4 atom stereocenters. The number of hydrogen-bond acceptors (Lipinski definition) is 10. The molecule has 4 heterocycles. The number of aliphatic hydroxyl groups is 2. The zero-order valence-corrected chi connectivity index (χ0v) is 18.4. The fourth-order valence-corrected chi connectivity index (χ4v) is 4.92. The molecule has 1 aliphatic heterocycles. The maximum atomic E-state index is 10.7. The summed E-state index contributed by atoms with van der Waals surface area (Å²) in [4.78, 5) is 21.3. The molecule has 33 heavy (non-hydrogen) atoms. The highest BCUT2D eigenvalue weighted by atomic mass is 32.2. The zero-order valence-electron chi connectivity index (χ0n) is 17.6. The number of anilines is 1. The molecule has 0 saturated carbocycles. The summed E-state index contributed by atoms with van der Waals surface area (Å²) in [6.07, 6.45) is 4.06. The van der Waals surface area contributed by atoms with Crippen LogP contribution in [0.1, 0.15) is 17.5 Å². The number of imidazole rings is 1. The number of aromatic nitrogens is 6. The van der Waals surface area contributed by atoms with E-state index in [1.807, 2.05) is 18.2 Å². The number of aliphatic hydroxyl groups excluding tert-OH is 2. The Morgan fingerprint density at radius 1 is 0.970 bits per heavy atom. The molecule has 0 unspecified atom stereocenters. The summed E-state index contributed by atoms with van der Waals surface area (Å²) < 4.78 is 7.59. The van der Waals surface area contributed by atoms with E-state index < -0.39 is 24.5 Å². The van der Waals surface area contributed by atoms with Crippen molar-refractivity contribution in [2.45, 2.75) is 42.4 Å². The fraction of sp³-hybridized carbons (Fsp3) is 0.318. The molecule has 11 heteroatoms. The molecule has 1 aromatic carbocycles. The number of thioether (sulfide) groups is 1. The van der Waals surface area contributed by atoms with Crippen LogP contribution in [0.25, 0.3) is 11.2 Å². The van der Waals surface area contributed by atoms with E-state index in [1.54, 1.807) is 17.0 Å². The van der Waals surface area contributed by atoms with Gasteiger partial charge in [0.05, 0.1) is 18.1 Å². The summed E-state index contributed by atoms with van der Waals surface area (Å²) in [5, 5.41) is 22.1. The average molecular weight is 466 g/mol. The van der Waals surface area contributed by atoms with Crippen LogP contribution < -0.4 is 5.73 Å². The van der Waals surface area contributed by atoms with Crippen LogP contribution >= 0.6 is 11.8 Å². The van der Waals surface area contributed by atoms with Crippen molar-refractivity contribution in [2.75, 3.05) is 11.5 Å². The molecule has 1 aliphatic rings. The predicted molar refractivity (Wildman–Crippen MR) is 122 cm³/mol. The second-order valence-electron chi connectivity index (χ2n) is 7.73. The number of aryl methyl sites for hydroxylation is 2. The molecule has 3 aromatic heterocycles. The molecule has 0 radical (unpaired) electrons. The lowest BCUT2D eigenvalue weighted by Crippen LogP contribution is -2.32. The molecule has 5 rings (SSSR count). The van der Waals surface area contributed by atoms with E-state index in [4.69, 9.17) is 10.5 Å². The Morgan fingerprint density at radius 2 is 1.79 bits per heavy atom. The van der Waals surface area contributed by atoms with E-state index in [-0.39, 0.29) is 5.82 Å². The molecule has 0 spiro atoms. The topological polar surface area (TPSA) is 145 Å². The minimum atomic E-state index is -1.15. The number of nitrogens with zero attached hydrogens (tertiary/aromatic N) is 6. The van der Waals surface area contributed by atoms with E-state index in [9.17, 15) is 10.2 Å². The van der Waals surface area contributed by atoms with Crippen LogP contribution in [0.15, 0.2) is 60.4 Å². The van der Waals surface area contributed by atoms with Crippen molar-refractivity contribution >= 4 is 28.7 Å². The lowest BCUT2D eigenvalue weighted by atomic mass is 10.1. The van der Waals surface area contributed by atoms with Gasteiger partial charge in [0.15, 0.2) is 17.7 Å². The monoisotopic (exact) mass is 465 g/mol. The molecule has 170 valence electrons. The smallest absolute Gasteiger partial charge is 0.167 e. The van der Waals surface area contributed by atoms with Gasteiger partial charge in [0.25, 0.3) is 0 Å². The van der Waals surface area contributed by atoms with E-state index in [0.717, 1.165) is 23.6 Å². The molecule has 0 amide bonds. The summed E-state index contributed by atoms with van der Waals surface area (Å²) in [6.45, 7) is 0. The van der Waals surface area contributed by atoms with E-state index >= 15 is 0 Å². The normalized spacial score (nSPS) is 22.7. The third kappa shape index (κ3) is 4.40. The van der Waals surface area contributed by atoms with Gasteiger partial charge in [-0.3, -0.25) is 9.55 Å². The maximum absolute atomic E-state index is 10.7. The summed E-state index contributed by atoms with van der Waals surface area (Å²) in [6, 6.07) is 10.2. The lowest BCUT2D eigenvalue weighted by molar-refractivity contribution is -0.0289. The van der Waals surface area contributed by atoms with Crippen LogP contribution in [0.5, 0.6) is 0 Å². The van der Waals surface area contributed by atoms with Gasteiger partial charge in [-0.2, -0.15) is 0 Å². The van der Waals surface area contributed by atoms with Gasteiger partial charge in [-0.15, -0.1) is 11.8 Å². The largest absolute Gasteiger partial charge is 0.387 e. The van der Waals surface area contributed by atoms with Crippen molar-refractivity contribution < 1.29 is 14.9 Å². The van der Waals surface area contributed by atoms with Crippen LogP contribution in [-0.2, 0) is 17.6 Å². The van der Waals surface area contributed by atoms with E-state index in [2.05, 4.69) is 37.1 Å². The van der Waals surface area contributed by atoms with Gasteiger partial charge in [-0.25, -0.2) is 19.9 Å². The maximum Gasteiger partial charge on any atom is 0.167 e. The molecular formula is C22H23N7O3S. The summed E-state index contributed by atoms with van der Waals surface area (Å²) >= 11 is 1.45. The van der Waals surface area contributed by atoms with E-state index in [1.165, 1.54) is 30.0 Å². The second kappa shape index (κ2) is 9.40. The molecular weight excluding hydrogens is 442 g/mol. The lowest BCUT2D eigenvalue weighted by Gasteiger charge is -2.16. The number of nitrogens with two attached hydrogens (primary N) is 1. The third-order valence-electron chi connectivity index (χ3n) is 5.61. The molecule has 10 nitrogen and oxygen atoms in total. The molecule has 4 N–H and O–H groups in total. The van der Waals surface area contributed by atoms with Crippen LogP contribution in [0.4, 0.5) is 5.82 Å². The summed E-state index contributed by atoms with van der Waals surface area (Å²) in [5.74, 6) is 0.639. The molecule has 1 fully saturated rings. The first-order valence-electron chi connectivity index (χ1n) is 10.5. The Hall–Kier alpha value is -3.12. The quantitative estimate of drug-likeness (QED) is 0.342. The summed E-state index contributed by atoms with van der Waals surface area (Å²) in [7, 11) is 0. The first-order chi connectivity index (χ1) is 16.1. The standard InChI is InChI=1S/C22H23N7O3S/c23-19-16-20(27-11-26-19)29(12-28-16)22-18(31)17(30)15(32-22)10-33-21-14(24-8-9-25-21)7-6-13-4-2-1-3-5-13/h1-5,8-9,11-12,15,17-18,22,30-31H,6-7,10H2,(H2,23,26,27)/t15-,17-,18-,22-/m1/s1. The second-order valence-corrected chi connectivity index (χ2v) is 8.74. The average Bonchev–Trinajstić information content (AvgIpc) is 3.39. The van der Waals surface area contributed by atoms with Gasteiger partial charge in [0.2, 0.25) is 0 Å². The number of fused-ring (bicyclic) bond motifs is 1. The first kappa shape index (κ1) is 21.7. The third-order valence-corrected chi connectivity index (χ3v) is 6.72. The van der Waals surface area contributed by atoms with Crippen LogP contribution in [0, 0.1) is 0 Å². The van der Waals surface area contributed by atoms with Gasteiger partial charge >= 0.3 is 0 Å². The molecule has 0 bridgehead atoms. The Labute approximate surface area is 193 Å². The van der Waals surface area contributed by atoms with Crippen molar-refractivity contribution in [3.8, 4) is 0 Å². The SMILES string of the molecule is Nc1ncnc2c1ncn2[C@@H]1O[C@H](CSc2nccnc2CCc2ccccc2)[C@@H](O)[C@H]1O. The Kier molecular flexibility index (Phi) is 6.18. The van der Waals surface area contributed by atoms with Crippen molar-refractivity contribution in [2.24, 2.45) is 0 Å². The van der Waals surface area contributed by atoms with Gasteiger partial charge in [-0.1, -0.05) is 30.3 Å². The highest BCUT2D eigenvalue weighted by molar-refractivity contribution is 7.99. The van der Waals surface area contributed by atoms with Gasteiger partial charge in [-0.05, 0) is 18.4 Å². The zero-order chi connectivity index (χ0) is 22.8. The van der Waals surface area contributed by atoms with Crippen molar-refractivity contribution in [3.63, 3.8) is 0 Å². The van der Waals surface area contributed by atoms with Crippen molar-refractivity contribution in [1.29, 1.82) is 0 Å². The van der Waals surface area contributed by atoms with Gasteiger partial charge in [0, 0.05) is 18.1 Å². The predicted octanol–water partition coefficient (Wildman–Crippen LogP) is 1.40. The van der Waals surface area contributed by atoms with Crippen LogP contribution in [-0.4, -0.2) is 63.8 Å². The van der Waals surface area contributed by atoms with Gasteiger partial charge < -0.3 is 20.7 Å². The Bertz CT molecular complexity index is 1240. The number of benzene rings is 1. The van der Waals surface area contributed by atoms with Gasteiger partial charge in [0.1, 0.15) is 29.1 Å². The highest BCUT2D eigenvalue weighted by Gasteiger charge is 2.44. The number of nitrogen functional groups attached to an aromatic ring is 1. The molecule has 0 aliphatic carbocycles. The molecule has 4 aromatic rings. The minimum Gasteiger partial charge on any atom is -0.387 e. The molecule has 1 saturated heterocycles. The highest BCUT2D eigenvalue weighted by Crippen LogP contribution is 2.34. The fourth-order valence-electron chi connectivity index (χ4n) is 3.87. The number of rotatable bonds is 7. The van der Waals surface area contributed by atoms with Crippen LogP contribution in [0.2, 0.25) is 0 Å². The number of hydrogen-bond donors (Lipinski definition) is 3. The Balaban J connectivity index is 1.27. The summed E-state index contributed by atoms with van der Waals surface area (Å²) in [5.41, 5.74) is 8.83. The van der Waals surface area contributed by atoms with E-state index in [0.29, 0.717) is 16.9 Å². The first-order valence-corrected chi connectivity index (χ1v) is 11.5.